The molecule has 2 amide bonds. The highest BCUT2D eigenvalue weighted by molar-refractivity contribution is 5.75. The lowest BCUT2D eigenvalue weighted by Crippen LogP contribution is -2.44. The Labute approximate surface area is 116 Å². The zero-order valence-electron chi connectivity index (χ0n) is 12.3. The zero-order chi connectivity index (χ0) is 14.0. The van der Waals surface area contributed by atoms with E-state index >= 15 is 0 Å². The van der Waals surface area contributed by atoms with Crippen LogP contribution in [-0.4, -0.2) is 23.5 Å². The molecule has 0 radical (unpaired) electrons. The fourth-order valence-electron chi connectivity index (χ4n) is 3.41. The molecule has 2 rings (SSSR count). The highest BCUT2D eigenvalue weighted by Crippen LogP contribution is 2.49. The Hall–Kier alpha value is -1.51. The van der Waals surface area contributed by atoms with Gasteiger partial charge in [0.15, 0.2) is 0 Å². The van der Waals surface area contributed by atoms with E-state index in [1.165, 1.54) is 5.56 Å². The smallest absolute Gasteiger partial charge is 0.318 e. The van der Waals surface area contributed by atoms with E-state index in [1.54, 1.807) is 0 Å². The molecule has 0 unspecified atom stereocenters. The summed E-state index contributed by atoms with van der Waals surface area (Å²) in [5.41, 5.74) is 1.33. The molecule has 1 aliphatic heterocycles. The van der Waals surface area contributed by atoms with Crippen LogP contribution in [0.15, 0.2) is 30.3 Å². The molecule has 0 saturated carbocycles. The summed E-state index contributed by atoms with van der Waals surface area (Å²) in [4.78, 5) is 14.4. The highest BCUT2D eigenvalue weighted by Gasteiger charge is 2.47. The average Bonchev–Trinajstić information content (AvgIpc) is 2.60. The number of carbonyl (C=O) groups excluding carboxylic acids is 1. The van der Waals surface area contributed by atoms with Gasteiger partial charge in [-0.15, -0.1) is 0 Å². The van der Waals surface area contributed by atoms with Crippen LogP contribution in [-0.2, 0) is 0 Å². The van der Waals surface area contributed by atoms with Crippen LogP contribution in [0.1, 0.15) is 45.7 Å². The quantitative estimate of drug-likeness (QED) is 0.866. The van der Waals surface area contributed by atoms with Gasteiger partial charge in [0.1, 0.15) is 0 Å². The van der Waals surface area contributed by atoms with E-state index in [2.05, 4.69) is 38.2 Å². The molecule has 1 aliphatic rings. The van der Waals surface area contributed by atoms with Gasteiger partial charge in [-0.25, -0.2) is 4.79 Å². The lowest BCUT2D eigenvalue weighted by Gasteiger charge is -2.34. The third-order valence-electron chi connectivity index (χ3n) is 3.99. The van der Waals surface area contributed by atoms with Crippen molar-refractivity contribution in [2.24, 2.45) is 5.41 Å². The molecule has 3 nitrogen and oxygen atoms in total. The molecule has 1 saturated heterocycles. The molecule has 2 atom stereocenters. The molecule has 1 heterocycles. The Bertz CT molecular complexity index is 441. The Morgan fingerprint density at radius 1 is 1.37 bits per heavy atom. The van der Waals surface area contributed by atoms with Crippen LogP contribution in [0, 0.1) is 5.41 Å². The Balaban J connectivity index is 2.37. The van der Waals surface area contributed by atoms with Gasteiger partial charge in [-0.1, -0.05) is 44.2 Å². The maximum absolute atomic E-state index is 12.3. The highest BCUT2D eigenvalue weighted by atomic mass is 16.2. The summed E-state index contributed by atoms with van der Waals surface area (Å²) < 4.78 is 0. The van der Waals surface area contributed by atoms with Crippen LogP contribution in [0.3, 0.4) is 0 Å². The van der Waals surface area contributed by atoms with Crippen molar-refractivity contribution in [2.75, 3.05) is 6.54 Å². The van der Waals surface area contributed by atoms with Gasteiger partial charge in [-0.05, 0) is 31.2 Å². The molecule has 3 heteroatoms. The SMILES string of the molecule is CCNC(=O)N1[C@@H](C)CC(C)(C)[C@H]1c1ccccc1. The first-order chi connectivity index (χ1) is 8.97. The largest absolute Gasteiger partial charge is 0.338 e. The molecule has 1 N–H and O–H groups in total. The number of urea groups is 1. The van der Waals surface area contributed by atoms with E-state index in [0.717, 1.165) is 6.42 Å². The third kappa shape index (κ3) is 2.60. The Morgan fingerprint density at radius 3 is 2.58 bits per heavy atom. The number of hydrogen-bond acceptors (Lipinski definition) is 1. The summed E-state index contributed by atoms with van der Waals surface area (Å²) in [5.74, 6) is 0. The van der Waals surface area contributed by atoms with Crippen LogP contribution in [0.4, 0.5) is 4.79 Å². The topological polar surface area (TPSA) is 32.3 Å². The van der Waals surface area contributed by atoms with Crippen molar-refractivity contribution in [1.29, 1.82) is 0 Å². The summed E-state index contributed by atoms with van der Waals surface area (Å²) in [5, 5.41) is 2.94. The van der Waals surface area contributed by atoms with Crippen LogP contribution in [0.25, 0.3) is 0 Å². The third-order valence-corrected chi connectivity index (χ3v) is 3.99. The summed E-state index contributed by atoms with van der Waals surface area (Å²) in [7, 11) is 0. The number of likely N-dealkylation sites (tertiary alicyclic amines) is 1. The zero-order valence-corrected chi connectivity index (χ0v) is 12.3. The predicted octanol–water partition coefficient (Wildman–Crippen LogP) is 3.58. The van der Waals surface area contributed by atoms with Gasteiger partial charge in [0.2, 0.25) is 0 Å². The minimum absolute atomic E-state index is 0.0504. The summed E-state index contributed by atoms with van der Waals surface area (Å²) in [6.07, 6.45) is 1.03. The normalized spacial score (nSPS) is 25.4. The van der Waals surface area contributed by atoms with Crippen molar-refractivity contribution in [3.05, 3.63) is 35.9 Å². The van der Waals surface area contributed by atoms with Gasteiger partial charge in [0, 0.05) is 12.6 Å². The summed E-state index contributed by atoms with van der Waals surface area (Å²) in [6.45, 7) is 9.27. The van der Waals surface area contributed by atoms with Crippen LogP contribution >= 0.6 is 0 Å². The van der Waals surface area contributed by atoms with Crippen molar-refractivity contribution >= 4 is 6.03 Å². The number of benzene rings is 1. The second-order valence-electron chi connectivity index (χ2n) is 6.10. The van der Waals surface area contributed by atoms with Gasteiger partial charge in [0.05, 0.1) is 6.04 Å². The number of carbonyl (C=O) groups is 1. The van der Waals surface area contributed by atoms with Crippen molar-refractivity contribution in [2.45, 2.75) is 46.2 Å². The Morgan fingerprint density at radius 2 is 2.00 bits per heavy atom. The first-order valence-corrected chi connectivity index (χ1v) is 7.08. The lowest BCUT2D eigenvalue weighted by molar-refractivity contribution is 0.158. The van der Waals surface area contributed by atoms with Crippen molar-refractivity contribution < 1.29 is 4.79 Å². The number of amides is 2. The molecule has 1 aromatic carbocycles. The minimum atomic E-state index is 0.0504. The van der Waals surface area contributed by atoms with Crippen molar-refractivity contribution in [1.82, 2.24) is 10.2 Å². The fraction of sp³-hybridized carbons (Fsp3) is 0.562. The maximum atomic E-state index is 12.3. The molecule has 0 bridgehead atoms. The van der Waals surface area contributed by atoms with E-state index in [-0.39, 0.29) is 23.5 Å². The predicted molar refractivity (Wildman–Crippen MR) is 78.0 cm³/mol. The molecule has 0 aromatic heterocycles. The molecule has 1 aromatic rings. The number of rotatable bonds is 2. The molecule has 19 heavy (non-hydrogen) atoms. The van der Waals surface area contributed by atoms with Gasteiger partial charge >= 0.3 is 6.03 Å². The van der Waals surface area contributed by atoms with Crippen LogP contribution in [0.2, 0.25) is 0 Å². The van der Waals surface area contributed by atoms with E-state index < -0.39 is 0 Å². The Kier molecular flexibility index (Phi) is 3.83. The summed E-state index contributed by atoms with van der Waals surface area (Å²) in [6, 6.07) is 10.8. The van der Waals surface area contributed by atoms with E-state index in [9.17, 15) is 4.79 Å². The van der Waals surface area contributed by atoms with Gasteiger partial charge < -0.3 is 10.2 Å². The van der Waals surface area contributed by atoms with Gasteiger partial charge in [0.25, 0.3) is 0 Å². The molecule has 1 fully saturated rings. The van der Waals surface area contributed by atoms with Crippen LogP contribution in [0.5, 0.6) is 0 Å². The van der Waals surface area contributed by atoms with Crippen molar-refractivity contribution in [3.8, 4) is 0 Å². The second-order valence-corrected chi connectivity index (χ2v) is 6.10. The van der Waals surface area contributed by atoms with Gasteiger partial charge in [-0.2, -0.15) is 0 Å². The van der Waals surface area contributed by atoms with E-state index in [4.69, 9.17) is 0 Å². The van der Waals surface area contributed by atoms with Gasteiger partial charge in [-0.3, -0.25) is 0 Å². The molecule has 104 valence electrons. The summed E-state index contributed by atoms with van der Waals surface area (Å²) >= 11 is 0. The monoisotopic (exact) mass is 260 g/mol. The number of hydrogen-bond donors (Lipinski definition) is 1. The molecule has 0 spiro atoms. The standard InChI is InChI=1S/C16H24N2O/c1-5-17-15(19)18-12(2)11-16(3,4)14(18)13-9-7-6-8-10-13/h6-10,12,14H,5,11H2,1-4H3,(H,17,19)/t12-,14+/m0/s1. The second kappa shape index (κ2) is 5.24. The van der Waals surface area contributed by atoms with E-state index in [1.807, 2.05) is 30.0 Å². The first-order valence-electron chi connectivity index (χ1n) is 7.08. The lowest BCUT2D eigenvalue weighted by atomic mass is 9.80. The molecular formula is C16H24N2O. The van der Waals surface area contributed by atoms with E-state index in [0.29, 0.717) is 6.54 Å². The number of nitrogens with zero attached hydrogens (tertiary/aromatic N) is 1. The number of nitrogens with one attached hydrogen (secondary N) is 1. The molecule has 0 aliphatic carbocycles. The van der Waals surface area contributed by atoms with Crippen molar-refractivity contribution in [3.63, 3.8) is 0 Å². The van der Waals surface area contributed by atoms with Crippen LogP contribution < -0.4 is 5.32 Å². The first kappa shape index (κ1) is 13.9. The maximum Gasteiger partial charge on any atom is 0.318 e. The molecular weight excluding hydrogens is 236 g/mol. The fourth-order valence-corrected chi connectivity index (χ4v) is 3.41. The minimum Gasteiger partial charge on any atom is -0.338 e. The average molecular weight is 260 g/mol.